The monoisotopic (exact) mass is 315 g/mol. The standard InChI is InChI=1S/C18H17NO2.ClH/c1-3-21-15-9-6-8-13(11-15)16-12-14-7-4-5-10-17(14)19(2)18(16)20;/h4-12H,3H2,1-2H3;1H. The summed E-state index contributed by atoms with van der Waals surface area (Å²) in [6, 6.07) is 17.5. The summed E-state index contributed by atoms with van der Waals surface area (Å²) in [6.45, 7) is 2.56. The van der Waals surface area contributed by atoms with Gasteiger partial charge in [0.2, 0.25) is 0 Å². The number of aromatic nitrogens is 1. The molecule has 2 aromatic carbocycles. The molecule has 0 spiro atoms. The van der Waals surface area contributed by atoms with E-state index in [0.29, 0.717) is 12.2 Å². The first-order chi connectivity index (χ1) is 10.2. The van der Waals surface area contributed by atoms with Crippen LogP contribution in [0.1, 0.15) is 6.92 Å². The molecule has 0 N–H and O–H groups in total. The van der Waals surface area contributed by atoms with Gasteiger partial charge in [0.05, 0.1) is 12.1 Å². The van der Waals surface area contributed by atoms with Gasteiger partial charge in [0, 0.05) is 12.6 Å². The van der Waals surface area contributed by atoms with Gasteiger partial charge < -0.3 is 9.30 Å². The van der Waals surface area contributed by atoms with Gasteiger partial charge in [-0.05, 0) is 42.1 Å². The van der Waals surface area contributed by atoms with Crippen molar-refractivity contribution in [1.82, 2.24) is 4.57 Å². The van der Waals surface area contributed by atoms with Crippen LogP contribution in [0.2, 0.25) is 0 Å². The van der Waals surface area contributed by atoms with E-state index >= 15 is 0 Å². The number of halogens is 1. The van der Waals surface area contributed by atoms with E-state index in [4.69, 9.17) is 4.74 Å². The highest BCUT2D eigenvalue weighted by molar-refractivity contribution is 5.85. The normalized spacial score (nSPS) is 10.3. The van der Waals surface area contributed by atoms with Crippen molar-refractivity contribution < 1.29 is 4.74 Å². The third-order valence-electron chi connectivity index (χ3n) is 3.59. The largest absolute Gasteiger partial charge is 0.494 e. The lowest BCUT2D eigenvalue weighted by Crippen LogP contribution is -2.18. The molecule has 22 heavy (non-hydrogen) atoms. The summed E-state index contributed by atoms with van der Waals surface area (Å²) in [5, 5.41) is 1.05. The van der Waals surface area contributed by atoms with Gasteiger partial charge in [0.15, 0.2) is 0 Å². The molecule has 3 aromatic rings. The highest BCUT2D eigenvalue weighted by Gasteiger charge is 2.09. The minimum absolute atomic E-state index is 0. The average molecular weight is 316 g/mol. The Morgan fingerprint density at radius 1 is 1.05 bits per heavy atom. The van der Waals surface area contributed by atoms with Crippen molar-refractivity contribution in [3.05, 3.63) is 65.0 Å². The van der Waals surface area contributed by atoms with E-state index in [1.165, 1.54) is 0 Å². The minimum Gasteiger partial charge on any atom is -0.494 e. The van der Waals surface area contributed by atoms with Crippen molar-refractivity contribution in [1.29, 1.82) is 0 Å². The fourth-order valence-corrected chi connectivity index (χ4v) is 2.55. The molecule has 0 unspecified atom stereocenters. The maximum absolute atomic E-state index is 12.6. The molecule has 114 valence electrons. The molecule has 0 atom stereocenters. The molecule has 0 amide bonds. The molecule has 0 fully saturated rings. The number of benzene rings is 2. The Bertz CT molecular complexity index is 855. The van der Waals surface area contributed by atoms with Crippen molar-refractivity contribution in [2.45, 2.75) is 6.92 Å². The molecule has 4 heteroatoms. The van der Waals surface area contributed by atoms with Crippen LogP contribution in [-0.2, 0) is 7.05 Å². The van der Waals surface area contributed by atoms with Crippen molar-refractivity contribution in [3.63, 3.8) is 0 Å². The van der Waals surface area contributed by atoms with E-state index in [-0.39, 0.29) is 18.0 Å². The summed E-state index contributed by atoms with van der Waals surface area (Å²) < 4.78 is 7.21. The van der Waals surface area contributed by atoms with Gasteiger partial charge >= 0.3 is 0 Å². The molecule has 1 heterocycles. The second-order valence-corrected chi connectivity index (χ2v) is 4.94. The van der Waals surface area contributed by atoms with Crippen molar-refractivity contribution in [3.8, 4) is 16.9 Å². The summed E-state index contributed by atoms with van der Waals surface area (Å²) in [7, 11) is 1.81. The predicted octanol–water partition coefficient (Wildman–Crippen LogP) is 4.03. The number of ether oxygens (including phenoxy) is 1. The Kier molecular flexibility index (Phi) is 4.88. The summed E-state index contributed by atoms with van der Waals surface area (Å²) in [6.07, 6.45) is 0. The quantitative estimate of drug-likeness (QED) is 0.731. The van der Waals surface area contributed by atoms with E-state index in [0.717, 1.165) is 22.2 Å². The lowest BCUT2D eigenvalue weighted by Gasteiger charge is -2.10. The third-order valence-corrected chi connectivity index (χ3v) is 3.59. The fourth-order valence-electron chi connectivity index (χ4n) is 2.55. The Morgan fingerprint density at radius 3 is 2.59 bits per heavy atom. The minimum atomic E-state index is 0. The van der Waals surface area contributed by atoms with Gasteiger partial charge in [0.25, 0.3) is 5.56 Å². The number of rotatable bonds is 3. The molecule has 0 aliphatic heterocycles. The Balaban J connectivity index is 0.00000176. The maximum atomic E-state index is 12.6. The molecular weight excluding hydrogens is 298 g/mol. The molecule has 0 aliphatic carbocycles. The molecule has 3 nitrogen and oxygen atoms in total. The molecule has 0 bridgehead atoms. The summed E-state index contributed by atoms with van der Waals surface area (Å²) in [5.74, 6) is 0.783. The second-order valence-electron chi connectivity index (χ2n) is 4.94. The lowest BCUT2D eigenvalue weighted by atomic mass is 10.0. The first-order valence-corrected chi connectivity index (χ1v) is 7.02. The van der Waals surface area contributed by atoms with Crippen LogP contribution >= 0.6 is 12.4 Å². The van der Waals surface area contributed by atoms with Crippen LogP contribution in [0.5, 0.6) is 5.75 Å². The number of hydrogen-bond donors (Lipinski definition) is 0. The molecule has 1 aromatic heterocycles. The van der Waals surface area contributed by atoms with E-state index in [1.807, 2.05) is 61.5 Å². The molecular formula is C18H18ClNO2. The molecule has 0 saturated carbocycles. The number of para-hydroxylation sites is 1. The van der Waals surface area contributed by atoms with E-state index in [1.54, 1.807) is 11.6 Å². The molecule has 0 saturated heterocycles. The third kappa shape index (κ3) is 2.85. The number of hydrogen-bond acceptors (Lipinski definition) is 2. The first-order valence-electron chi connectivity index (χ1n) is 7.02. The zero-order chi connectivity index (χ0) is 14.8. The topological polar surface area (TPSA) is 31.2 Å². The number of aryl methyl sites for hydroxylation is 1. The van der Waals surface area contributed by atoms with Crippen LogP contribution in [0, 0.1) is 0 Å². The lowest BCUT2D eigenvalue weighted by molar-refractivity contribution is 0.340. The molecule has 0 aliphatic rings. The van der Waals surface area contributed by atoms with E-state index < -0.39 is 0 Å². The van der Waals surface area contributed by atoms with Gasteiger partial charge in [-0.15, -0.1) is 12.4 Å². The SMILES string of the molecule is CCOc1cccc(-c2cc3ccccc3n(C)c2=O)c1.Cl. The van der Waals surface area contributed by atoms with Gasteiger partial charge in [-0.25, -0.2) is 0 Å². The van der Waals surface area contributed by atoms with Gasteiger partial charge in [0.1, 0.15) is 5.75 Å². The van der Waals surface area contributed by atoms with Crippen LogP contribution in [0.25, 0.3) is 22.0 Å². The highest BCUT2D eigenvalue weighted by Crippen LogP contribution is 2.24. The Morgan fingerprint density at radius 2 is 1.82 bits per heavy atom. The summed E-state index contributed by atoms with van der Waals surface area (Å²) >= 11 is 0. The summed E-state index contributed by atoms with van der Waals surface area (Å²) in [4.78, 5) is 12.6. The maximum Gasteiger partial charge on any atom is 0.258 e. The fraction of sp³-hybridized carbons (Fsp3) is 0.167. The zero-order valence-electron chi connectivity index (χ0n) is 12.6. The second kappa shape index (κ2) is 6.67. The zero-order valence-corrected chi connectivity index (χ0v) is 13.4. The number of nitrogens with zero attached hydrogens (tertiary/aromatic N) is 1. The molecule has 0 radical (unpaired) electrons. The van der Waals surface area contributed by atoms with Crippen LogP contribution in [0.3, 0.4) is 0 Å². The van der Waals surface area contributed by atoms with Crippen LogP contribution in [-0.4, -0.2) is 11.2 Å². The van der Waals surface area contributed by atoms with Crippen LogP contribution in [0.4, 0.5) is 0 Å². The smallest absolute Gasteiger partial charge is 0.258 e. The summed E-state index contributed by atoms with van der Waals surface area (Å²) in [5.41, 5.74) is 2.51. The Hall–Kier alpha value is -2.26. The highest BCUT2D eigenvalue weighted by atomic mass is 35.5. The Labute approximate surface area is 135 Å². The van der Waals surface area contributed by atoms with Crippen LogP contribution in [0.15, 0.2) is 59.4 Å². The van der Waals surface area contributed by atoms with Crippen molar-refractivity contribution in [2.24, 2.45) is 7.05 Å². The predicted molar refractivity (Wildman–Crippen MR) is 93.0 cm³/mol. The van der Waals surface area contributed by atoms with Crippen molar-refractivity contribution in [2.75, 3.05) is 6.61 Å². The van der Waals surface area contributed by atoms with Gasteiger partial charge in [-0.2, -0.15) is 0 Å². The first kappa shape index (κ1) is 16.1. The van der Waals surface area contributed by atoms with E-state index in [2.05, 4.69) is 0 Å². The number of pyridine rings is 1. The van der Waals surface area contributed by atoms with Crippen LogP contribution < -0.4 is 10.3 Å². The average Bonchev–Trinajstić information content (AvgIpc) is 2.51. The van der Waals surface area contributed by atoms with Gasteiger partial charge in [-0.1, -0.05) is 30.3 Å². The number of fused-ring (bicyclic) bond motifs is 1. The van der Waals surface area contributed by atoms with Gasteiger partial charge in [-0.3, -0.25) is 4.79 Å². The molecule has 3 rings (SSSR count). The van der Waals surface area contributed by atoms with Crippen molar-refractivity contribution >= 4 is 23.3 Å². The van der Waals surface area contributed by atoms with E-state index in [9.17, 15) is 4.79 Å².